The molecule has 0 aliphatic carbocycles. The van der Waals surface area contributed by atoms with Gasteiger partial charge in [-0.25, -0.2) is 13.6 Å². The molecule has 0 aromatic heterocycles. The van der Waals surface area contributed by atoms with E-state index in [1.54, 1.807) is 0 Å². The lowest BCUT2D eigenvalue weighted by Gasteiger charge is -2.10. The maximum atomic E-state index is 10.6. The van der Waals surface area contributed by atoms with Gasteiger partial charge in [-0.15, -0.1) is 0 Å². The van der Waals surface area contributed by atoms with Crippen molar-refractivity contribution in [1.82, 2.24) is 0 Å². The van der Waals surface area contributed by atoms with Crippen molar-refractivity contribution in [2.75, 3.05) is 0 Å². The topological polar surface area (TPSA) is 112 Å². The van der Waals surface area contributed by atoms with Crippen LogP contribution in [0.5, 0.6) is 0 Å². The second kappa shape index (κ2) is 4.04. The lowest BCUT2D eigenvalue weighted by Crippen LogP contribution is -2.35. The molecule has 12 heavy (non-hydrogen) atoms. The van der Waals surface area contributed by atoms with Gasteiger partial charge in [-0.05, 0) is 6.92 Å². The Morgan fingerprint density at radius 1 is 1.58 bits per heavy atom. The number of esters is 1. The first-order valence-corrected chi connectivity index (χ1v) is 4.91. The Kier molecular flexibility index (Phi) is 3.91. The number of halogens is 1. The summed E-state index contributed by atoms with van der Waals surface area (Å²) >= 11 is 5.08. The van der Waals surface area contributed by atoms with Crippen LogP contribution in [0.4, 0.5) is 0 Å². The second-order valence-electron chi connectivity index (χ2n) is 2.09. The number of ether oxygens (including phenoxy) is 1. The summed E-state index contributed by atoms with van der Waals surface area (Å²) in [4.78, 5) is 8.77. The molecule has 0 aromatic rings. The monoisotopic (exact) mass is 216 g/mol. The molecule has 0 amide bonds. The van der Waals surface area contributed by atoms with Gasteiger partial charge in [0.15, 0.2) is 0 Å². The van der Waals surface area contributed by atoms with Crippen molar-refractivity contribution < 1.29 is 17.9 Å². The normalized spacial score (nSPS) is 16.7. The fourth-order valence-electron chi connectivity index (χ4n) is 0.266. The van der Waals surface area contributed by atoms with Crippen molar-refractivity contribution in [2.45, 2.75) is 17.9 Å². The van der Waals surface area contributed by atoms with E-state index in [0.717, 1.165) is 0 Å². The molecule has 0 fully saturated rings. The molecule has 6 nitrogen and oxygen atoms in total. The minimum atomic E-state index is -4.06. The van der Waals surface area contributed by atoms with Crippen LogP contribution in [0.25, 0.3) is 0 Å². The number of carbonyl (C=O) groups excluding carboxylic acids is 1. The third kappa shape index (κ3) is 3.86. The second-order valence-corrected chi connectivity index (χ2v) is 4.35. The molecule has 2 atom stereocenters. The Morgan fingerprint density at radius 3 is 2.25 bits per heavy atom. The smallest absolute Gasteiger partial charge is 0.324 e. The summed E-state index contributed by atoms with van der Waals surface area (Å²) in [6.07, 6.45) is 0. The van der Waals surface area contributed by atoms with E-state index in [1.165, 1.54) is 6.92 Å². The number of alkyl halides is 1. The molecule has 0 rings (SSSR count). The standard InChI is InChI=1S/C4H9ClN2O4S/c1-2(6)3(8)11-4(5)12(7,9)10/h2,4H,6H2,1H3,(H2,7,9,10)/t2-,4?/m1/s1. The highest BCUT2D eigenvalue weighted by Crippen LogP contribution is 2.04. The zero-order chi connectivity index (χ0) is 9.94. The van der Waals surface area contributed by atoms with Gasteiger partial charge < -0.3 is 10.5 Å². The lowest BCUT2D eigenvalue weighted by molar-refractivity contribution is -0.144. The molecule has 4 N–H and O–H groups in total. The maximum Gasteiger partial charge on any atom is 0.324 e. The average molecular weight is 217 g/mol. The molecule has 8 heteroatoms. The molecule has 0 aliphatic heterocycles. The first-order chi connectivity index (χ1) is 5.25. The number of sulfonamides is 1. The van der Waals surface area contributed by atoms with Crippen molar-refractivity contribution in [3.63, 3.8) is 0 Å². The summed E-state index contributed by atoms with van der Waals surface area (Å²) < 4.78 is 25.0. The van der Waals surface area contributed by atoms with E-state index < -0.39 is 26.9 Å². The fourth-order valence-corrected chi connectivity index (χ4v) is 0.582. The van der Waals surface area contributed by atoms with Crippen molar-refractivity contribution in [1.29, 1.82) is 0 Å². The summed E-state index contributed by atoms with van der Waals surface area (Å²) in [7, 11) is -4.06. The largest absolute Gasteiger partial charge is 0.428 e. The highest BCUT2D eigenvalue weighted by Gasteiger charge is 2.23. The van der Waals surface area contributed by atoms with Gasteiger partial charge in [0.05, 0.1) is 0 Å². The van der Waals surface area contributed by atoms with Crippen LogP contribution in [0.1, 0.15) is 6.92 Å². The maximum absolute atomic E-state index is 10.6. The number of rotatable bonds is 3. The van der Waals surface area contributed by atoms with Crippen LogP contribution in [0.2, 0.25) is 0 Å². The molecule has 0 bridgehead atoms. The zero-order valence-corrected chi connectivity index (χ0v) is 7.80. The van der Waals surface area contributed by atoms with Crippen molar-refractivity contribution in [3.05, 3.63) is 0 Å². The minimum Gasteiger partial charge on any atom is -0.428 e. The van der Waals surface area contributed by atoms with Crippen LogP contribution in [-0.4, -0.2) is 25.3 Å². The predicted molar refractivity (Wildman–Crippen MR) is 42.5 cm³/mol. The first kappa shape index (κ1) is 11.6. The molecule has 0 saturated carbocycles. The van der Waals surface area contributed by atoms with E-state index >= 15 is 0 Å². The third-order valence-corrected chi connectivity index (χ3v) is 2.29. The minimum absolute atomic E-state index is 0.927. The fraction of sp³-hybridized carbons (Fsp3) is 0.750. The highest BCUT2D eigenvalue weighted by molar-refractivity contribution is 7.90. The van der Waals surface area contributed by atoms with Gasteiger partial charge in [-0.2, -0.15) is 0 Å². The third-order valence-electron chi connectivity index (χ3n) is 0.839. The van der Waals surface area contributed by atoms with Crippen molar-refractivity contribution in [2.24, 2.45) is 10.9 Å². The van der Waals surface area contributed by atoms with Gasteiger partial charge in [0.2, 0.25) is 0 Å². The van der Waals surface area contributed by atoms with E-state index in [4.69, 9.17) is 17.3 Å². The Hall–Kier alpha value is -0.370. The van der Waals surface area contributed by atoms with E-state index in [2.05, 4.69) is 9.88 Å². The average Bonchev–Trinajstić information content (AvgIpc) is 1.85. The van der Waals surface area contributed by atoms with Gasteiger partial charge in [-0.1, -0.05) is 11.6 Å². The first-order valence-electron chi connectivity index (χ1n) is 2.87. The summed E-state index contributed by atoms with van der Waals surface area (Å²) in [5, 5.41) is 4.55. The predicted octanol–water partition coefficient (Wildman–Crippen LogP) is -1.31. The summed E-state index contributed by atoms with van der Waals surface area (Å²) in [6.45, 7) is 1.33. The van der Waals surface area contributed by atoms with E-state index in [0.29, 0.717) is 0 Å². The molecule has 0 aliphatic rings. The van der Waals surface area contributed by atoms with E-state index in [-0.39, 0.29) is 0 Å². The molecule has 0 saturated heterocycles. The van der Waals surface area contributed by atoms with Crippen LogP contribution in [0, 0.1) is 0 Å². The zero-order valence-electron chi connectivity index (χ0n) is 6.23. The van der Waals surface area contributed by atoms with Crippen LogP contribution in [0.3, 0.4) is 0 Å². The number of carbonyl (C=O) groups is 1. The molecule has 0 spiro atoms. The van der Waals surface area contributed by atoms with Gasteiger partial charge in [0.1, 0.15) is 6.04 Å². The van der Waals surface area contributed by atoms with E-state index in [9.17, 15) is 13.2 Å². The number of hydrogen-bond donors (Lipinski definition) is 2. The molecule has 0 heterocycles. The summed E-state index contributed by atoms with van der Waals surface area (Å²) in [5.74, 6) is -0.927. The summed E-state index contributed by atoms with van der Waals surface area (Å²) in [5.41, 5.74) is 5.06. The quantitative estimate of drug-likeness (QED) is 0.449. The Balaban J connectivity index is 4.21. The van der Waals surface area contributed by atoms with Crippen LogP contribution in [-0.2, 0) is 19.6 Å². The van der Waals surface area contributed by atoms with Crippen LogP contribution in [0.15, 0.2) is 0 Å². The van der Waals surface area contributed by atoms with Gasteiger partial charge in [0, 0.05) is 0 Å². The van der Waals surface area contributed by atoms with Crippen LogP contribution < -0.4 is 10.9 Å². The Bertz CT molecular complexity index is 262. The molecule has 0 aromatic carbocycles. The molecule has 1 unspecified atom stereocenters. The molecular formula is C4H9ClN2O4S. The number of hydrogen-bond acceptors (Lipinski definition) is 5. The van der Waals surface area contributed by atoms with Gasteiger partial charge in [0.25, 0.3) is 14.9 Å². The van der Waals surface area contributed by atoms with Gasteiger partial charge >= 0.3 is 5.97 Å². The Morgan fingerprint density at radius 2 is 2.00 bits per heavy atom. The SMILES string of the molecule is C[C@@H](N)C(=O)OC(Cl)S(N)(=O)=O. The number of primary sulfonamides is 1. The van der Waals surface area contributed by atoms with Crippen LogP contribution >= 0.6 is 11.6 Å². The number of nitrogens with two attached hydrogens (primary N) is 2. The highest BCUT2D eigenvalue weighted by atomic mass is 35.5. The Labute approximate surface area is 74.9 Å². The van der Waals surface area contributed by atoms with Crippen molar-refractivity contribution in [3.8, 4) is 0 Å². The molecular weight excluding hydrogens is 208 g/mol. The van der Waals surface area contributed by atoms with Crippen molar-refractivity contribution >= 4 is 27.6 Å². The molecule has 0 radical (unpaired) electrons. The molecule has 72 valence electrons. The summed E-state index contributed by atoms with van der Waals surface area (Å²) in [6, 6.07) is -0.937. The van der Waals surface area contributed by atoms with E-state index in [1.807, 2.05) is 0 Å². The van der Waals surface area contributed by atoms with Gasteiger partial charge in [-0.3, -0.25) is 4.79 Å². The lowest BCUT2D eigenvalue weighted by atomic mass is 10.4.